The Morgan fingerprint density at radius 2 is 1.72 bits per heavy atom. The van der Waals surface area contributed by atoms with Crippen LogP contribution < -0.4 is 10.2 Å². The number of carbonyl (C=O) groups is 1. The number of carbonyl (C=O) groups excluding carboxylic acids is 1. The van der Waals surface area contributed by atoms with Crippen molar-refractivity contribution < 1.29 is 4.79 Å². The molecule has 0 bridgehead atoms. The van der Waals surface area contributed by atoms with Crippen molar-refractivity contribution in [2.75, 3.05) is 37.6 Å². The molecule has 0 unspecified atom stereocenters. The van der Waals surface area contributed by atoms with Crippen molar-refractivity contribution in [2.24, 2.45) is 0 Å². The molecule has 1 heterocycles. The van der Waals surface area contributed by atoms with Gasteiger partial charge in [-0.05, 0) is 36.8 Å². The Balaban J connectivity index is 1.54. The average Bonchev–Trinajstić information content (AvgIpc) is 2.64. The first kappa shape index (κ1) is 17.8. The van der Waals surface area contributed by atoms with E-state index in [0.717, 1.165) is 43.4 Å². The van der Waals surface area contributed by atoms with Gasteiger partial charge in [0.1, 0.15) is 0 Å². The summed E-state index contributed by atoms with van der Waals surface area (Å²) in [5, 5.41) is 3.64. The highest BCUT2D eigenvalue weighted by Gasteiger charge is 2.18. The first-order valence-electron chi connectivity index (χ1n) is 8.76. The molecule has 25 heavy (non-hydrogen) atoms. The van der Waals surface area contributed by atoms with E-state index >= 15 is 0 Å². The molecule has 1 aliphatic heterocycles. The molecule has 1 saturated heterocycles. The third-order valence-corrected chi connectivity index (χ3v) is 4.84. The lowest BCUT2D eigenvalue weighted by molar-refractivity contribution is 0.0956. The Labute approximate surface area is 154 Å². The van der Waals surface area contributed by atoms with Crippen LogP contribution >= 0.6 is 11.6 Å². The fourth-order valence-electron chi connectivity index (χ4n) is 3.14. The third-order valence-electron chi connectivity index (χ3n) is 4.53. The molecule has 4 nitrogen and oxygen atoms in total. The van der Waals surface area contributed by atoms with Gasteiger partial charge in [-0.15, -0.1) is 0 Å². The zero-order chi connectivity index (χ0) is 17.6. The average molecular weight is 358 g/mol. The normalized spacial score (nSPS) is 15.2. The monoisotopic (exact) mass is 357 g/mol. The second kappa shape index (κ2) is 8.37. The van der Waals surface area contributed by atoms with Gasteiger partial charge in [-0.1, -0.05) is 35.9 Å². The van der Waals surface area contributed by atoms with Crippen LogP contribution in [-0.2, 0) is 6.54 Å². The van der Waals surface area contributed by atoms with Gasteiger partial charge in [-0.2, -0.15) is 0 Å². The minimum atomic E-state index is -0.0117. The highest BCUT2D eigenvalue weighted by molar-refractivity contribution is 6.33. The summed E-state index contributed by atoms with van der Waals surface area (Å²) in [6, 6.07) is 15.9. The number of benzene rings is 2. The summed E-state index contributed by atoms with van der Waals surface area (Å²) in [5.41, 5.74) is 3.07. The Kier molecular flexibility index (Phi) is 5.95. The number of halogens is 1. The van der Waals surface area contributed by atoms with E-state index in [0.29, 0.717) is 12.1 Å². The molecular formula is C20H24ClN3O. The van der Waals surface area contributed by atoms with Gasteiger partial charge in [-0.3, -0.25) is 9.69 Å². The predicted molar refractivity (Wildman–Crippen MR) is 103 cm³/mol. The summed E-state index contributed by atoms with van der Waals surface area (Å²) < 4.78 is 0. The van der Waals surface area contributed by atoms with E-state index in [9.17, 15) is 4.79 Å². The summed E-state index contributed by atoms with van der Waals surface area (Å²) in [7, 11) is 0. The van der Waals surface area contributed by atoms with Crippen LogP contribution in [0.25, 0.3) is 0 Å². The quantitative estimate of drug-likeness (QED) is 0.890. The second-order valence-corrected chi connectivity index (χ2v) is 6.68. The molecule has 0 aliphatic carbocycles. The van der Waals surface area contributed by atoms with Gasteiger partial charge >= 0.3 is 0 Å². The number of hydrogen-bond donors (Lipinski definition) is 1. The van der Waals surface area contributed by atoms with Crippen molar-refractivity contribution >= 4 is 23.2 Å². The molecule has 3 rings (SSSR count). The van der Waals surface area contributed by atoms with Crippen molar-refractivity contribution in [1.82, 2.24) is 10.2 Å². The predicted octanol–water partition coefficient (Wildman–Crippen LogP) is 3.41. The largest absolute Gasteiger partial charge is 0.368 e. The van der Waals surface area contributed by atoms with Gasteiger partial charge in [-0.25, -0.2) is 0 Å². The lowest BCUT2D eigenvalue weighted by Gasteiger charge is -2.36. The zero-order valence-electron chi connectivity index (χ0n) is 14.5. The number of nitrogens with zero attached hydrogens (tertiary/aromatic N) is 2. The Morgan fingerprint density at radius 1 is 1.04 bits per heavy atom. The number of para-hydroxylation sites is 1. The molecule has 0 spiro atoms. The van der Waals surface area contributed by atoms with Gasteiger partial charge < -0.3 is 10.2 Å². The van der Waals surface area contributed by atoms with Crippen LogP contribution in [0.2, 0.25) is 5.02 Å². The van der Waals surface area contributed by atoms with Gasteiger partial charge in [0, 0.05) is 44.8 Å². The maximum absolute atomic E-state index is 11.8. The van der Waals surface area contributed by atoms with Crippen molar-refractivity contribution in [3.8, 4) is 0 Å². The Bertz CT molecular complexity index is 709. The molecule has 0 radical (unpaired) electrons. The minimum absolute atomic E-state index is 0.0117. The molecule has 1 amide bonds. The van der Waals surface area contributed by atoms with Crippen molar-refractivity contribution in [3.63, 3.8) is 0 Å². The van der Waals surface area contributed by atoms with Gasteiger partial charge in [0.05, 0.1) is 10.7 Å². The fourth-order valence-corrected chi connectivity index (χ4v) is 3.39. The molecule has 0 atom stereocenters. The topological polar surface area (TPSA) is 35.6 Å². The van der Waals surface area contributed by atoms with E-state index in [4.69, 9.17) is 11.6 Å². The number of anilines is 1. The Hall–Kier alpha value is -2.04. The molecule has 132 valence electrons. The van der Waals surface area contributed by atoms with E-state index < -0.39 is 0 Å². The summed E-state index contributed by atoms with van der Waals surface area (Å²) in [6.45, 7) is 7.44. The first-order valence-corrected chi connectivity index (χ1v) is 9.14. The fraction of sp³-hybridized carbons (Fsp3) is 0.350. The number of rotatable bonds is 5. The van der Waals surface area contributed by atoms with Crippen LogP contribution in [0.15, 0.2) is 48.5 Å². The lowest BCUT2D eigenvalue weighted by Crippen LogP contribution is -2.46. The summed E-state index contributed by atoms with van der Waals surface area (Å²) in [5.74, 6) is -0.0117. The van der Waals surface area contributed by atoms with Crippen molar-refractivity contribution in [3.05, 3.63) is 64.7 Å². The SMILES string of the molecule is CCNC(=O)c1ccc(CN2CCN(c3ccccc3Cl)CC2)cc1. The molecule has 0 saturated carbocycles. The van der Waals surface area contributed by atoms with Crippen LogP contribution in [0.1, 0.15) is 22.8 Å². The lowest BCUT2D eigenvalue weighted by atomic mass is 10.1. The third kappa shape index (κ3) is 4.53. The first-order chi connectivity index (χ1) is 12.2. The number of hydrogen-bond acceptors (Lipinski definition) is 3. The summed E-state index contributed by atoms with van der Waals surface area (Å²) in [6.07, 6.45) is 0. The van der Waals surface area contributed by atoms with E-state index in [2.05, 4.69) is 21.2 Å². The van der Waals surface area contributed by atoms with E-state index in [1.54, 1.807) is 0 Å². The second-order valence-electron chi connectivity index (χ2n) is 6.27. The molecule has 5 heteroatoms. The smallest absolute Gasteiger partial charge is 0.251 e. The van der Waals surface area contributed by atoms with Crippen LogP contribution in [0.4, 0.5) is 5.69 Å². The van der Waals surface area contributed by atoms with Crippen molar-refractivity contribution in [2.45, 2.75) is 13.5 Å². The summed E-state index contributed by atoms with van der Waals surface area (Å²) >= 11 is 6.30. The van der Waals surface area contributed by atoms with Gasteiger partial charge in [0.25, 0.3) is 5.91 Å². The van der Waals surface area contributed by atoms with Crippen LogP contribution in [0, 0.1) is 0 Å². The maximum atomic E-state index is 11.8. The highest BCUT2D eigenvalue weighted by atomic mass is 35.5. The van der Waals surface area contributed by atoms with E-state index in [-0.39, 0.29) is 5.91 Å². The van der Waals surface area contributed by atoms with Crippen molar-refractivity contribution in [1.29, 1.82) is 0 Å². The van der Waals surface area contributed by atoms with Gasteiger partial charge in [0.2, 0.25) is 0 Å². The van der Waals surface area contributed by atoms with Gasteiger partial charge in [0.15, 0.2) is 0 Å². The van der Waals surface area contributed by atoms with E-state index in [1.807, 2.05) is 49.4 Å². The standard InChI is InChI=1S/C20H24ClN3O/c1-2-22-20(25)17-9-7-16(8-10-17)15-23-11-13-24(14-12-23)19-6-4-3-5-18(19)21/h3-10H,2,11-15H2,1H3,(H,22,25). The minimum Gasteiger partial charge on any atom is -0.368 e. The van der Waals surface area contributed by atoms with Crippen LogP contribution in [-0.4, -0.2) is 43.5 Å². The molecule has 1 N–H and O–H groups in total. The van der Waals surface area contributed by atoms with Crippen LogP contribution in [0.3, 0.4) is 0 Å². The molecule has 1 aliphatic rings. The number of amides is 1. The zero-order valence-corrected chi connectivity index (χ0v) is 15.3. The molecule has 0 aromatic heterocycles. The van der Waals surface area contributed by atoms with Crippen LogP contribution in [0.5, 0.6) is 0 Å². The number of nitrogens with one attached hydrogen (secondary N) is 1. The molecule has 2 aromatic rings. The maximum Gasteiger partial charge on any atom is 0.251 e. The molecule has 2 aromatic carbocycles. The molecule has 1 fully saturated rings. The van der Waals surface area contributed by atoms with E-state index in [1.165, 1.54) is 5.56 Å². The summed E-state index contributed by atoms with van der Waals surface area (Å²) in [4.78, 5) is 16.6. The molecular weight excluding hydrogens is 334 g/mol. The Morgan fingerprint density at radius 3 is 2.36 bits per heavy atom. The number of piperazine rings is 1. The highest BCUT2D eigenvalue weighted by Crippen LogP contribution is 2.26.